The van der Waals surface area contributed by atoms with Gasteiger partial charge in [-0.2, -0.15) is 0 Å². The van der Waals surface area contributed by atoms with Crippen molar-refractivity contribution >= 4 is 17.7 Å². The molecule has 1 saturated carbocycles. The topological polar surface area (TPSA) is 81.7 Å². The van der Waals surface area contributed by atoms with Crippen LogP contribution in [0.5, 0.6) is 0 Å². The number of carbonyl (C=O) groups excluding carboxylic acids is 3. The van der Waals surface area contributed by atoms with Gasteiger partial charge in [0.1, 0.15) is 5.54 Å². The van der Waals surface area contributed by atoms with E-state index in [1.165, 1.54) is 0 Å². The van der Waals surface area contributed by atoms with Crippen LogP contribution in [-0.4, -0.2) is 37.0 Å². The van der Waals surface area contributed by atoms with Crippen molar-refractivity contribution in [3.05, 3.63) is 35.9 Å². The number of ether oxygens (including phenoxy) is 2. The summed E-state index contributed by atoms with van der Waals surface area (Å²) in [6, 6.07) is 9.14. The first-order valence-corrected chi connectivity index (χ1v) is 8.32. The normalized spacial score (nSPS) is 37.0. The molecule has 1 aromatic rings. The molecule has 0 unspecified atom stereocenters. The molecule has 0 bridgehead atoms. The molecule has 2 heterocycles. The summed E-state index contributed by atoms with van der Waals surface area (Å²) in [5.41, 5.74) is -1.98. The Bertz CT molecular complexity index is 717. The zero-order valence-electron chi connectivity index (χ0n) is 13.4. The number of ketones is 1. The third-order valence-corrected chi connectivity index (χ3v) is 5.63. The first-order valence-electron chi connectivity index (χ1n) is 8.32. The van der Waals surface area contributed by atoms with Crippen LogP contribution >= 0.6 is 0 Å². The lowest BCUT2D eigenvalue weighted by atomic mass is 9.43. The van der Waals surface area contributed by atoms with E-state index >= 15 is 0 Å². The maximum Gasteiger partial charge on any atom is 0.323 e. The van der Waals surface area contributed by atoms with E-state index in [-0.39, 0.29) is 12.5 Å². The predicted octanol–water partition coefficient (Wildman–Crippen LogP) is 0.939. The van der Waals surface area contributed by atoms with E-state index in [4.69, 9.17) is 9.47 Å². The van der Waals surface area contributed by atoms with E-state index in [1.54, 1.807) is 6.92 Å². The molecule has 4 atom stereocenters. The van der Waals surface area contributed by atoms with Crippen LogP contribution in [0.15, 0.2) is 30.3 Å². The summed E-state index contributed by atoms with van der Waals surface area (Å²) < 4.78 is 11.2. The van der Waals surface area contributed by atoms with Gasteiger partial charge in [0.2, 0.25) is 5.78 Å². The zero-order valence-corrected chi connectivity index (χ0v) is 13.4. The fraction of sp³-hybridized carbons (Fsp3) is 0.500. The Morgan fingerprint density at radius 2 is 2.08 bits per heavy atom. The molecular formula is C18H19NO5. The fourth-order valence-electron chi connectivity index (χ4n) is 4.82. The molecule has 0 radical (unpaired) electrons. The van der Waals surface area contributed by atoms with E-state index in [1.807, 2.05) is 30.3 Å². The maximum atomic E-state index is 12.9. The number of nitrogens with one attached hydrogen (secondary N) is 1. The number of esters is 1. The number of carbonyl (C=O) groups is 3. The Labute approximate surface area is 139 Å². The first-order chi connectivity index (χ1) is 11.6. The van der Waals surface area contributed by atoms with Gasteiger partial charge in [0.25, 0.3) is 5.91 Å². The highest BCUT2D eigenvalue weighted by Crippen LogP contribution is 2.67. The van der Waals surface area contributed by atoms with Gasteiger partial charge >= 0.3 is 5.97 Å². The second-order valence-corrected chi connectivity index (χ2v) is 6.53. The number of benzene rings is 1. The van der Waals surface area contributed by atoms with Gasteiger partial charge in [-0.05, 0) is 25.3 Å². The minimum absolute atomic E-state index is 0.158. The molecule has 1 aromatic carbocycles. The Hall–Kier alpha value is -2.21. The van der Waals surface area contributed by atoms with Crippen molar-refractivity contribution in [2.24, 2.45) is 11.3 Å². The molecule has 0 aromatic heterocycles. The molecule has 6 nitrogen and oxygen atoms in total. The average Bonchev–Trinajstić information content (AvgIpc) is 2.80. The SMILES string of the molecule is CCOC(=O)[C@]12C(=O)C(=O)N[C@]1(c1ccccc1)[C@H]1OCCC[C@@H]12. The number of hydrogen-bond acceptors (Lipinski definition) is 5. The summed E-state index contributed by atoms with van der Waals surface area (Å²) in [5.74, 6) is -2.39. The van der Waals surface area contributed by atoms with Gasteiger partial charge in [0.15, 0.2) is 5.41 Å². The molecule has 3 fully saturated rings. The van der Waals surface area contributed by atoms with Crippen LogP contribution in [0.3, 0.4) is 0 Å². The Morgan fingerprint density at radius 1 is 1.33 bits per heavy atom. The van der Waals surface area contributed by atoms with E-state index in [9.17, 15) is 14.4 Å². The smallest absolute Gasteiger partial charge is 0.323 e. The van der Waals surface area contributed by atoms with Crippen molar-refractivity contribution in [3.8, 4) is 0 Å². The second-order valence-electron chi connectivity index (χ2n) is 6.53. The third-order valence-electron chi connectivity index (χ3n) is 5.63. The summed E-state index contributed by atoms with van der Waals surface area (Å²) in [5, 5.41) is 2.80. The van der Waals surface area contributed by atoms with Gasteiger partial charge < -0.3 is 14.8 Å². The van der Waals surface area contributed by atoms with Crippen LogP contribution < -0.4 is 5.32 Å². The predicted molar refractivity (Wildman–Crippen MR) is 82.8 cm³/mol. The second kappa shape index (κ2) is 5.14. The average molecular weight is 329 g/mol. The van der Waals surface area contributed by atoms with Gasteiger partial charge in [-0.3, -0.25) is 14.4 Å². The molecule has 2 saturated heterocycles. The minimum atomic E-state index is -1.52. The number of rotatable bonds is 3. The number of hydrogen-bond donors (Lipinski definition) is 1. The van der Waals surface area contributed by atoms with Crippen LogP contribution in [-0.2, 0) is 29.4 Å². The molecule has 1 amide bonds. The largest absolute Gasteiger partial charge is 0.465 e. The van der Waals surface area contributed by atoms with E-state index in [2.05, 4.69) is 5.32 Å². The zero-order chi connectivity index (χ0) is 16.9. The lowest BCUT2D eigenvalue weighted by Gasteiger charge is -2.63. The van der Waals surface area contributed by atoms with Gasteiger partial charge in [0.05, 0.1) is 12.7 Å². The minimum Gasteiger partial charge on any atom is -0.465 e. The molecule has 1 N–H and O–H groups in total. The monoisotopic (exact) mass is 329 g/mol. The molecule has 1 aliphatic carbocycles. The van der Waals surface area contributed by atoms with Crippen molar-refractivity contribution in [2.75, 3.05) is 13.2 Å². The molecule has 126 valence electrons. The molecule has 3 aliphatic rings. The summed E-state index contributed by atoms with van der Waals surface area (Å²) in [6.07, 6.45) is 1.03. The summed E-state index contributed by atoms with van der Waals surface area (Å²) in [6.45, 7) is 2.41. The van der Waals surface area contributed by atoms with Crippen molar-refractivity contribution in [1.82, 2.24) is 5.32 Å². The van der Waals surface area contributed by atoms with Crippen LogP contribution in [0.25, 0.3) is 0 Å². The van der Waals surface area contributed by atoms with Crippen molar-refractivity contribution < 1.29 is 23.9 Å². The van der Waals surface area contributed by atoms with Crippen LogP contribution in [0.1, 0.15) is 25.3 Å². The summed E-state index contributed by atoms with van der Waals surface area (Å²) >= 11 is 0. The van der Waals surface area contributed by atoms with Gasteiger partial charge in [0, 0.05) is 12.5 Å². The van der Waals surface area contributed by atoms with Crippen LogP contribution in [0.4, 0.5) is 0 Å². The third kappa shape index (κ3) is 1.52. The highest BCUT2D eigenvalue weighted by molar-refractivity contribution is 6.46. The lowest BCUT2D eigenvalue weighted by Crippen LogP contribution is -2.79. The van der Waals surface area contributed by atoms with E-state index < -0.39 is 34.7 Å². The Kier molecular flexibility index (Phi) is 3.28. The van der Waals surface area contributed by atoms with Crippen molar-refractivity contribution in [3.63, 3.8) is 0 Å². The van der Waals surface area contributed by atoms with Crippen LogP contribution in [0, 0.1) is 11.3 Å². The highest BCUT2D eigenvalue weighted by atomic mass is 16.5. The van der Waals surface area contributed by atoms with Gasteiger partial charge in [-0.25, -0.2) is 0 Å². The van der Waals surface area contributed by atoms with E-state index in [0.29, 0.717) is 18.6 Å². The lowest BCUT2D eigenvalue weighted by molar-refractivity contribution is -0.241. The standard InChI is InChI=1S/C18H19NO5/c1-2-23-16(22)17-12-9-6-10-24-14(12)18(17,19-15(21)13(17)20)11-7-4-3-5-8-11/h3-5,7-8,12,14H,2,6,9-10H2,1H3,(H,19,21)/t12-,14-,17-,18+/m0/s1. The molecule has 6 heteroatoms. The fourth-order valence-corrected chi connectivity index (χ4v) is 4.82. The number of amides is 1. The Balaban J connectivity index is 1.94. The Morgan fingerprint density at radius 3 is 2.79 bits per heavy atom. The van der Waals surface area contributed by atoms with Gasteiger partial charge in [-0.1, -0.05) is 30.3 Å². The van der Waals surface area contributed by atoms with Crippen LogP contribution in [0.2, 0.25) is 0 Å². The quantitative estimate of drug-likeness (QED) is 0.507. The number of Topliss-reactive ketones (excluding diaryl/α,β-unsaturated/α-hetero) is 1. The maximum absolute atomic E-state index is 12.9. The molecular weight excluding hydrogens is 310 g/mol. The number of fused-ring (bicyclic) bond motifs is 4. The van der Waals surface area contributed by atoms with Crippen molar-refractivity contribution in [2.45, 2.75) is 31.4 Å². The van der Waals surface area contributed by atoms with E-state index in [0.717, 1.165) is 6.42 Å². The molecule has 0 spiro atoms. The van der Waals surface area contributed by atoms with Gasteiger partial charge in [-0.15, -0.1) is 0 Å². The summed E-state index contributed by atoms with van der Waals surface area (Å²) in [7, 11) is 0. The molecule has 2 aliphatic heterocycles. The first kappa shape index (κ1) is 15.3. The molecule has 4 rings (SSSR count). The summed E-state index contributed by atoms with van der Waals surface area (Å²) in [4.78, 5) is 38.1. The van der Waals surface area contributed by atoms with Crippen molar-refractivity contribution in [1.29, 1.82) is 0 Å². The molecule has 24 heavy (non-hydrogen) atoms. The highest BCUT2D eigenvalue weighted by Gasteiger charge is 2.86.